The number of hydrogen-bond donors (Lipinski definition) is 1. The summed E-state index contributed by atoms with van der Waals surface area (Å²) in [4.78, 5) is 7.94. The van der Waals surface area contributed by atoms with Gasteiger partial charge in [-0.05, 0) is 32.0 Å². The van der Waals surface area contributed by atoms with Gasteiger partial charge in [0.2, 0.25) is 0 Å². The highest BCUT2D eigenvalue weighted by Gasteiger charge is 2.16. The Balaban J connectivity index is 0.000000941. The van der Waals surface area contributed by atoms with E-state index in [1.807, 2.05) is 25.1 Å². The largest absolute Gasteiger partial charge is 0.493 e. The van der Waals surface area contributed by atoms with Gasteiger partial charge in [-0.15, -0.1) is 11.3 Å². The SMILES string of the molecule is CCC.COc1ccc(-c2nc(C(C)O)c(C)s2)cc1OCCN1CCOCC1. The van der Waals surface area contributed by atoms with Crippen molar-refractivity contribution in [3.63, 3.8) is 0 Å². The van der Waals surface area contributed by atoms with Crippen LogP contribution in [0.5, 0.6) is 11.5 Å². The van der Waals surface area contributed by atoms with E-state index in [4.69, 9.17) is 14.2 Å². The topological polar surface area (TPSA) is 64.0 Å². The van der Waals surface area contributed by atoms with Crippen molar-refractivity contribution >= 4 is 11.3 Å². The lowest BCUT2D eigenvalue weighted by Crippen LogP contribution is -2.38. The van der Waals surface area contributed by atoms with Gasteiger partial charge < -0.3 is 19.3 Å². The number of hydrogen-bond acceptors (Lipinski definition) is 7. The smallest absolute Gasteiger partial charge is 0.161 e. The number of aromatic nitrogens is 1. The maximum absolute atomic E-state index is 9.83. The minimum atomic E-state index is -0.567. The first-order chi connectivity index (χ1) is 14.0. The van der Waals surface area contributed by atoms with Gasteiger partial charge in [0.15, 0.2) is 11.5 Å². The van der Waals surface area contributed by atoms with Crippen LogP contribution in [0.25, 0.3) is 10.6 Å². The summed E-state index contributed by atoms with van der Waals surface area (Å²) in [5.41, 5.74) is 1.70. The molecule has 1 fully saturated rings. The van der Waals surface area contributed by atoms with Crippen LogP contribution in [0.3, 0.4) is 0 Å². The molecule has 29 heavy (non-hydrogen) atoms. The normalized spacial score (nSPS) is 15.4. The molecule has 162 valence electrons. The molecule has 0 amide bonds. The summed E-state index contributed by atoms with van der Waals surface area (Å²) in [6, 6.07) is 5.83. The molecule has 7 heteroatoms. The van der Waals surface area contributed by atoms with Crippen LogP contribution < -0.4 is 9.47 Å². The molecule has 1 aliphatic rings. The second-order valence-electron chi connectivity index (χ2n) is 7.01. The fourth-order valence-corrected chi connectivity index (χ4v) is 3.95. The predicted molar refractivity (Wildman–Crippen MR) is 118 cm³/mol. The molecule has 0 saturated carbocycles. The zero-order valence-electron chi connectivity index (χ0n) is 18.2. The fourth-order valence-electron chi connectivity index (χ4n) is 2.95. The molecule has 1 unspecified atom stereocenters. The molecule has 6 nitrogen and oxygen atoms in total. The lowest BCUT2D eigenvalue weighted by Gasteiger charge is -2.26. The Labute approximate surface area is 178 Å². The van der Waals surface area contributed by atoms with E-state index >= 15 is 0 Å². The van der Waals surface area contributed by atoms with Gasteiger partial charge in [0.05, 0.1) is 32.1 Å². The first kappa shape index (κ1) is 23.6. The number of morpholine rings is 1. The molecular weight excluding hydrogens is 388 g/mol. The van der Waals surface area contributed by atoms with Crippen molar-refractivity contribution in [2.45, 2.75) is 40.2 Å². The van der Waals surface area contributed by atoms with E-state index in [-0.39, 0.29) is 0 Å². The molecule has 2 heterocycles. The van der Waals surface area contributed by atoms with Crippen LogP contribution in [-0.4, -0.2) is 61.6 Å². The Morgan fingerprint density at radius 2 is 1.93 bits per heavy atom. The van der Waals surface area contributed by atoms with Crippen LogP contribution in [0.1, 0.15) is 43.9 Å². The molecule has 0 aliphatic carbocycles. The summed E-state index contributed by atoms with van der Waals surface area (Å²) >= 11 is 1.57. The van der Waals surface area contributed by atoms with Crippen molar-refractivity contribution < 1.29 is 19.3 Å². The van der Waals surface area contributed by atoms with Crippen molar-refractivity contribution in [1.82, 2.24) is 9.88 Å². The number of rotatable bonds is 7. The highest BCUT2D eigenvalue weighted by Crippen LogP contribution is 2.36. The Morgan fingerprint density at radius 1 is 1.24 bits per heavy atom. The average molecular weight is 423 g/mol. The molecule has 3 rings (SSSR count). The lowest BCUT2D eigenvalue weighted by atomic mass is 10.2. The Kier molecular flexibility index (Phi) is 9.87. The molecule has 1 saturated heterocycles. The highest BCUT2D eigenvalue weighted by atomic mass is 32.1. The third-order valence-corrected chi connectivity index (χ3v) is 5.44. The van der Waals surface area contributed by atoms with E-state index in [0.717, 1.165) is 54.0 Å². The maximum Gasteiger partial charge on any atom is 0.161 e. The van der Waals surface area contributed by atoms with Crippen LogP contribution in [0, 0.1) is 6.92 Å². The van der Waals surface area contributed by atoms with Gasteiger partial charge in [-0.3, -0.25) is 4.90 Å². The lowest BCUT2D eigenvalue weighted by molar-refractivity contribution is 0.0321. The second kappa shape index (κ2) is 12.1. The van der Waals surface area contributed by atoms with Gasteiger partial charge in [0, 0.05) is 30.1 Å². The molecule has 2 aromatic rings. The molecule has 1 N–H and O–H groups in total. The predicted octanol–water partition coefficient (Wildman–Crippen LogP) is 4.31. The third kappa shape index (κ3) is 6.96. The van der Waals surface area contributed by atoms with Crippen molar-refractivity contribution in [2.75, 3.05) is 46.6 Å². The van der Waals surface area contributed by atoms with Gasteiger partial charge in [0.25, 0.3) is 0 Å². The van der Waals surface area contributed by atoms with Crippen LogP contribution in [0.15, 0.2) is 18.2 Å². The maximum atomic E-state index is 9.83. The minimum absolute atomic E-state index is 0.567. The monoisotopic (exact) mass is 422 g/mol. The number of benzene rings is 1. The van der Waals surface area contributed by atoms with Crippen molar-refractivity contribution in [1.29, 1.82) is 0 Å². The van der Waals surface area contributed by atoms with Gasteiger partial charge in [-0.1, -0.05) is 20.3 Å². The molecule has 0 bridgehead atoms. The molecule has 0 radical (unpaired) electrons. The van der Waals surface area contributed by atoms with Crippen molar-refractivity contribution in [3.8, 4) is 22.1 Å². The molecule has 1 atom stereocenters. The third-order valence-electron chi connectivity index (χ3n) is 4.41. The molecule has 1 aliphatic heterocycles. The quantitative estimate of drug-likeness (QED) is 0.717. The summed E-state index contributed by atoms with van der Waals surface area (Å²) in [6.07, 6.45) is 0.683. The summed E-state index contributed by atoms with van der Waals surface area (Å²) < 4.78 is 16.8. The summed E-state index contributed by atoms with van der Waals surface area (Å²) in [7, 11) is 1.64. The Bertz CT molecular complexity index is 742. The molecule has 1 aromatic heterocycles. The van der Waals surface area contributed by atoms with E-state index in [9.17, 15) is 5.11 Å². The van der Waals surface area contributed by atoms with Crippen LogP contribution in [-0.2, 0) is 4.74 Å². The van der Waals surface area contributed by atoms with E-state index in [0.29, 0.717) is 18.1 Å². The van der Waals surface area contributed by atoms with Crippen LogP contribution in [0.4, 0.5) is 0 Å². The highest BCUT2D eigenvalue weighted by molar-refractivity contribution is 7.15. The van der Waals surface area contributed by atoms with Crippen molar-refractivity contribution in [3.05, 3.63) is 28.8 Å². The molecular formula is C22H34N2O4S. The minimum Gasteiger partial charge on any atom is -0.493 e. The number of thiazole rings is 1. The van der Waals surface area contributed by atoms with Gasteiger partial charge in [-0.2, -0.15) is 0 Å². The fraction of sp³-hybridized carbons (Fsp3) is 0.591. The molecule has 1 aromatic carbocycles. The number of ether oxygens (including phenoxy) is 3. The standard InChI is InChI=1S/C19H26N2O4S.C3H8/c1-13(22)18-14(2)26-19(20-18)15-4-5-16(23-3)17(12-15)25-11-8-21-6-9-24-10-7-21;1-3-2/h4-5,12-13,22H,6-11H2,1-3H3;3H2,1-2H3. The number of aliphatic hydroxyl groups excluding tert-OH is 1. The Hall–Kier alpha value is -1.67. The van der Waals surface area contributed by atoms with Gasteiger partial charge in [0.1, 0.15) is 11.6 Å². The first-order valence-electron chi connectivity index (χ1n) is 10.3. The number of nitrogens with zero attached hydrogens (tertiary/aromatic N) is 2. The average Bonchev–Trinajstić information content (AvgIpc) is 3.11. The van der Waals surface area contributed by atoms with Crippen LogP contribution >= 0.6 is 11.3 Å². The van der Waals surface area contributed by atoms with E-state index in [2.05, 4.69) is 23.7 Å². The second-order valence-corrected chi connectivity index (χ2v) is 8.21. The van der Waals surface area contributed by atoms with Crippen molar-refractivity contribution in [2.24, 2.45) is 0 Å². The van der Waals surface area contributed by atoms with Gasteiger partial charge >= 0.3 is 0 Å². The van der Waals surface area contributed by atoms with Gasteiger partial charge in [-0.25, -0.2) is 4.98 Å². The first-order valence-corrected chi connectivity index (χ1v) is 11.1. The number of methoxy groups -OCH3 is 1. The van der Waals surface area contributed by atoms with Crippen LogP contribution in [0.2, 0.25) is 0 Å². The summed E-state index contributed by atoms with van der Waals surface area (Å²) in [5.74, 6) is 1.42. The summed E-state index contributed by atoms with van der Waals surface area (Å²) in [5, 5.41) is 10.7. The zero-order valence-corrected chi connectivity index (χ0v) is 19.1. The molecule has 0 spiro atoms. The summed E-state index contributed by atoms with van der Waals surface area (Å²) in [6.45, 7) is 12.9. The van der Waals surface area contributed by atoms with E-state index in [1.165, 1.54) is 6.42 Å². The van der Waals surface area contributed by atoms with E-state index < -0.39 is 6.10 Å². The Morgan fingerprint density at radius 3 is 2.52 bits per heavy atom. The van der Waals surface area contributed by atoms with E-state index in [1.54, 1.807) is 25.4 Å². The zero-order chi connectivity index (χ0) is 21.2. The number of aliphatic hydroxyl groups is 1. The number of aryl methyl sites for hydroxylation is 1.